The highest BCUT2D eigenvalue weighted by atomic mass is 15.2. The van der Waals surface area contributed by atoms with E-state index in [9.17, 15) is 0 Å². The van der Waals surface area contributed by atoms with Crippen LogP contribution in [0.5, 0.6) is 0 Å². The molecule has 0 saturated heterocycles. The first-order chi connectivity index (χ1) is 13.2. The summed E-state index contributed by atoms with van der Waals surface area (Å²) in [4.78, 5) is 4.58. The molecular formula is C25H28N2. The average Bonchev–Trinajstić information content (AvgIpc) is 2.74. The summed E-state index contributed by atoms with van der Waals surface area (Å²) in [6.07, 6.45) is 14.9. The van der Waals surface area contributed by atoms with E-state index in [-0.39, 0.29) is 0 Å². The number of hydrogen-bond donors (Lipinski definition) is 0. The molecule has 1 aliphatic rings. The van der Waals surface area contributed by atoms with Crippen molar-refractivity contribution in [1.29, 1.82) is 0 Å². The Labute approximate surface area is 163 Å². The summed E-state index contributed by atoms with van der Waals surface area (Å²) in [5.41, 5.74) is 4.69. The highest BCUT2D eigenvalue weighted by Gasteiger charge is 2.19. The van der Waals surface area contributed by atoms with E-state index in [1.165, 1.54) is 11.4 Å². The Morgan fingerprint density at radius 1 is 1.00 bits per heavy atom. The molecule has 0 bridgehead atoms. The smallest absolute Gasteiger partial charge is 0.0559 e. The van der Waals surface area contributed by atoms with E-state index < -0.39 is 0 Å². The molecule has 27 heavy (non-hydrogen) atoms. The lowest BCUT2D eigenvalue weighted by Gasteiger charge is -2.33. The minimum absolute atomic E-state index is 0.324. The molecule has 0 spiro atoms. The zero-order valence-corrected chi connectivity index (χ0v) is 16.3. The van der Waals surface area contributed by atoms with Gasteiger partial charge in [0.25, 0.3) is 0 Å². The van der Waals surface area contributed by atoms with Crippen molar-refractivity contribution >= 4 is 17.1 Å². The van der Waals surface area contributed by atoms with Gasteiger partial charge < -0.3 is 9.80 Å². The fourth-order valence-electron chi connectivity index (χ4n) is 3.43. The van der Waals surface area contributed by atoms with Crippen LogP contribution in [-0.4, -0.2) is 13.1 Å². The standard InChI is InChI=1S/C25H28N2/c1-4-12-21(5-2)26(3)22-17-19-25(20-18-22)27(23-13-8-6-9-14-23)24-15-10-7-11-16-24/h5-15,17-20,24H,2,4,16H2,1,3H3/b21-12+. The van der Waals surface area contributed by atoms with Crippen LogP contribution in [0.15, 0.2) is 103 Å². The summed E-state index contributed by atoms with van der Waals surface area (Å²) in [5, 5.41) is 0. The van der Waals surface area contributed by atoms with Crippen LogP contribution in [0.2, 0.25) is 0 Å². The number of likely N-dealkylation sites (N-methyl/N-ethyl adjacent to an activating group) is 1. The first-order valence-corrected chi connectivity index (χ1v) is 9.58. The van der Waals surface area contributed by atoms with Gasteiger partial charge in [-0.1, -0.05) is 62.1 Å². The van der Waals surface area contributed by atoms with Gasteiger partial charge in [0, 0.05) is 29.8 Å². The number of benzene rings is 2. The third kappa shape index (κ3) is 4.40. The molecule has 2 nitrogen and oxygen atoms in total. The fourth-order valence-corrected chi connectivity index (χ4v) is 3.43. The second-order valence-corrected chi connectivity index (χ2v) is 6.64. The van der Waals surface area contributed by atoms with Crippen LogP contribution in [-0.2, 0) is 0 Å². The molecule has 2 heteroatoms. The summed E-state index contributed by atoms with van der Waals surface area (Å²) < 4.78 is 0. The lowest BCUT2D eigenvalue weighted by atomic mass is 10.0. The van der Waals surface area contributed by atoms with Gasteiger partial charge in [0.1, 0.15) is 0 Å². The molecule has 0 radical (unpaired) electrons. The van der Waals surface area contributed by atoms with E-state index in [0.29, 0.717) is 6.04 Å². The summed E-state index contributed by atoms with van der Waals surface area (Å²) in [7, 11) is 2.09. The maximum atomic E-state index is 3.94. The van der Waals surface area contributed by atoms with E-state index in [2.05, 4.69) is 115 Å². The number of anilines is 3. The topological polar surface area (TPSA) is 6.48 Å². The molecule has 0 aliphatic heterocycles. The highest BCUT2D eigenvalue weighted by Crippen LogP contribution is 2.32. The Morgan fingerprint density at radius 2 is 1.67 bits per heavy atom. The first kappa shape index (κ1) is 18.8. The van der Waals surface area contributed by atoms with Crippen molar-refractivity contribution in [3.05, 3.63) is 103 Å². The lowest BCUT2D eigenvalue weighted by molar-refractivity contribution is 0.785. The van der Waals surface area contributed by atoms with E-state index in [0.717, 1.165) is 24.2 Å². The SMILES string of the molecule is C=C/C(=C\CC)N(C)c1ccc(N(c2ccccc2)C2C=CC=CC2)cc1. The monoisotopic (exact) mass is 356 g/mol. The minimum atomic E-state index is 0.324. The molecule has 2 aromatic rings. The minimum Gasteiger partial charge on any atom is -0.345 e. The average molecular weight is 357 g/mol. The number of rotatable bonds is 7. The van der Waals surface area contributed by atoms with Gasteiger partial charge in [-0.15, -0.1) is 0 Å². The maximum absolute atomic E-state index is 3.94. The predicted octanol–water partition coefficient (Wildman–Crippen LogP) is 6.63. The van der Waals surface area contributed by atoms with Gasteiger partial charge in [-0.05, 0) is 55.3 Å². The summed E-state index contributed by atoms with van der Waals surface area (Å²) in [5.74, 6) is 0. The molecule has 138 valence electrons. The Bertz CT molecular complexity index is 828. The van der Waals surface area contributed by atoms with E-state index in [1.54, 1.807) is 0 Å². The number of para-hydroxylation sites is 1. The van der Waals surface area contributed by atoms with E-state index in [1.807, 2.05) is 6.08 Å². The molecule has 0 saturated carbocycles. The van der Waals surface area contributed by atoms with Gasteiger partial charge in [0.2, 0.25) is 0 Å². The second kappa shape index (κ2) is 9.09. The quantitative estimate of drug-likeness (QED) is 0.514. The van der Waals surface area contributed by atoms with Crippen LogP contribution in [0, 0.1) is 0 Å². The van der Waals surface area contributed by atoms with Crippen LogP contribution < -0.4 is 9.80 Å². The zero-order chi connectivity index (χ0) is 19.1. The molecule has 0 heterocycles. The van der Waals surface area contributed by atoms with Crippen LogP contribution in [0.4, 0.5) is 17.1 Å². The number of nitrogens with zero attached hydrogens (tertiary/aromatic N) is 2. The Hall–Kier alpha value is -3.00. The van der Waals surface area contributed by atoms with Gasteiger partial charge in [0.05, 0.1) is 6.04 Å². The molecule has 3 rings (SSSR count). The maximum Gasteiger partial charge on any atom is 0.0559 e. The van der Waals surface area contributed by atoms with Crippen molar-refractivity contribution in [3.8, 4) is 0 Å². The normalized spacial score (nSPS) is 16.2. The molecule has 2 aromatic carbocycles. The van der Waals surface area contributed by atoms with Crippen LogP contribution in [0.1, 0.15) is 19.8 Å². The predicted molar refractivity (Wildman–Crippen MR) is 119 cm³/mol. The first-order valence-electron chi connectivity index (χ1n) is 9.58. The third-order valence-corrected chi connectivity index (χ3v) is 4.85. The summed E-state index contributed by atoms with van der Waals surface area (Å²) in [6, 6.07) is 19.7. The van der Waals surface area contributed by atoms with Crippen molar-refractivity contribution in [2.75, 3.05) is 16.8 Å². The van der Waals surface area contributed by atoms with Crippen molar-refractivity contribution in [2.24, 2.45) is 0 Å². The van der Waals surface area contributed by atoms with Crippen LogP contribution >= 0.6 is 0 Å². The Kier molecular flexibility index (Phi) is 6.32. The van der Waals surface area contributed by atoms with Crippen molar-refractivity contribution in [2.45, 2.75) is 25.8 Å². The van der Waals surface area contributed by atoms with Crippen LogP contribution in [0.25, 0.3) is 0 Å². The Balaban J connectivity index is 1.92. The number of hydrogen-bond acceptors (Lipinski definition) is 2. The van der Waals surface area contributed by atoms with Gasteiger partial charge in [-0.3, -0.25) is 0 Å². The molecule has 1 atom stereocenters. The van der Waals surface area contributed by atoms with Gasteiger partial charge in [0.15, 0.2) is 0 Å². The van der Waals surface area contributed by atoms with Crippen molar-refractivity contribution in [1.82, 2.24) is 0 Å². The van der Waals surface area contributed by atoms with Gasteiger partial charge in [-0.2, -0.15) is 0 Å². The Morgan fingerprint density at radius 3 is 2.26 bits per heavy atom. The largest absolute Gasteiger partial charge is 0.345 e. The molecular weight excluding hydrogens is 328 g/mol. The van der Waals surface area contributed by atoms with Gasteiger partial charge in [-0.25, -0.2) is 0 Å². The number of allylic oxidation sites excluding steroid dienone is 4. The fraction of sp³-hybridized carbons (Fsp3) is 0.200. The van der Waals surface area contributed by atoms with E-state index in [4.69, 9.17) is 0 Å². The zero-order valence-electron chi connectivity index (χ0n) is 16.3. The molecule has 0 N–H and O–H groups in total. The second-order valence-electron chi connectivity index (χ2n) is 6.64. The third-order valence-electron chi connectivity index (χ3n) is 4.85. The molecule has 1 unspecified atom stereocenters. The lowest BCUT2D eigenvalue weighted by Crippen LogP contribution is -2.29. The van der Waals surface area contributed by atoms with Crippen molar-refractivity contribution in [3.63, 3.8) is 0 Å². The molecule has 0 fully saturated rings. The molecule has 1 aliphatic carbocycles. The van der Waals surface area contributed by atoms with Crippen molar-refractivity contribution < 1.29 is 0 Å². The molecule has 0 aromatic heterocycles. The summed E-state index contributed by atoms with van der Waals surface area (Å²) in [6.45, 7) is 6.08. The molecule has 0 amide bonds. The summed E-state index contributed by atoms with van der Waals surface area (Å²) >= 11 is 0. The van der Waals surface area contributed by atoms with E-state index >= 15 is 0 Å². The van der Waals surface area contributed by atoms with Gasteiger partial charge >= 0.3 is 0 Å². The highest BCUT2D eigenvalue weighted by molar-refractivity contribution is 5.68. The van der Waals surface area contributed by atoms with Crippen LogP contribution in [0.3, 0.4) is 0 Å².